The van der Waals surface area contributed by atoms with Crippen molar-refractivity contribution >= 4 is 0 Å². The third-order valence-electron chi connectivity index (χ3n) is 2.12. The molecule has 0 saturated heterocycles. The average Bonchev–Trinajstić information content (AvgIpc) is 2.10. The van der Waals surface area contributed by atoms with Crippen LogP contribution in [0.15, 0.2) is 0 Å². The van der Waals surface area contributed by atoms with Crippen LogP contribution in [0.25, 0.3) is 0 Å². The van der Waals surface area contributed by atoms with Gasteiger partial charge in [0.05, 0.1) is 6.61 Å². The maximum atomic E-state index is 8.76. The van der Waals surface area contributed by atoms with Crippen LogP contribution in [0.3, 0.4) is 0 Å². The van der Waals surface area contributed by atoms with Gasteiger partial charge in [0.15, 0.2) is 0 Å². The van der Waals surface area contributed by atoms with E-state index in [1.165, 1.54) is 0 Å². The molecule has 1 atom stereocenters. The van der Waals surface area contributed by atoms with Crippen LogP contribution >= 0.6 is 0 Å². The molecule has 0 heterocycles. The topological polar surface area (TPSA) is 49.5 Å². The summed E-state index contributed by atoms with van der Waals surface area (Å²) >= 11 is 0. The molecule has 0 aromatic rings. The van der Waals surface area contributed by atoms with Gasteiger partial charge in [0.2, 0.25) is 0 Å². The second-order valence-electron chi connectivity index (χ2n) is 4.02. The predicted molar refractivity (Wildman–Crippen MR) is 56.6 cm³/mol. The number of hydrogen-bond acceptors (Lipinski definition) is 3. The van der Waals surface area contributed by atoms with Crippen molar-refractivity contribution in [1.82, 2.24) is 4.90 Å². The second-order valence-corrected chi connectivity index (χ2v) is 4.02. The first-order valence-corrected chi connectivity index (χ1v) is 5.18. The first-order chi connectivity index (χ1) is 6.10. The minimum atomic E-state index is -0.0544. The maximum absolute atomic E-state index is 8.76. The summed E-state index contributed by atoms with van der Waals surface area (Å²) in [5.74, 6) is 0.699. The van der Waals surface area contributed by atoms with Crippen molar-refractivity contribution in [2.45, 2.75) is 33.2 Å². The van der Waals surface area contributed by atoms with Gasteiger partial charge in [0.25, 0.3) is 0 Å². The summed E-state index contributed by atoms with van der Waals surface area (Å²) < 4.78 is 0. The smallest absolute Gasteiger partial charge is 0.0583 e. The average molecular weight is 188 g/mol. The van der Waals surface area contributed by atoms with Gasteiger partial charge in [-0.3, -0.25) is 0 Å². The van der Waals surface area contributed by atoms with E-state index in [-0.39, 0.29) is 12.6 Å². The van der Waals surface area contributed by atoms with Crippen molar-refractivity contribution in [3.63, 3.8) is 0 Å². The molecular weight excluding hydrogens is 164 g/mol. The van der Waals surface area contributed by atoms with Gasteiger partial charge in [-0.25, -0.2) is 0 Å². The van der Waals surface area contributed by atoms with Gasteiger partial charge < -0.3 is 15.7 Å². The van der Waals surface area contributed by atoms with Crippen LogP contribution in [0.2, 0.25) is 0 Å². The Morgan fingerprint density at radius 1 is 1.38 bits per heavy atom. The van der Waals surface area contributed by atoms with Gasteiger partial charge in [0, 0.05) is 12.6 Å². The van der Waals surface area contributed by atoms with Crippen molar-refractivity contribution in [2.75, 3.05) is 26.2 Å². The zero-order valence-electron chi connectivity index (χ0n) is 9.16. The molecule has 0 aliphatic carbocycles. The van der Waals surface area contributed by atoms with Gasteiger partial charge in [0.1, 0.15) is 0 Å². The van der Waals surface area contributed by atoms with E-state index < -0.39 is 0 Å². The Hall–Kier alpha value is -0.120. The highest BCUT2D eigenvalue weighted by molar-refractivity contribution is 4.64. The molecule has 0 aromatic heterocycles. The van der Waals surface area contributed by atoms with Crippen LogP contribution in [0.4, 0.5) is 0 Å². The summed E-state index contributed by atoms with van der Waals surface area (Å²) in [5, 5.41) is 8.76. The predicted octanol–water partition coefficient (Wildman–Crippen LogP) is 0.674. The molecule has 0 rings (SSSR count). The molecule has 1 unspecified atom stereocenters. The third-order valence-corrected chi connectivity index (χ3v) is 2.12. The number of nitrogens with two attached hydrogens (primary N) is 1. The minimum Gasteiger partial charge on any atom is -0.395 e. The Bertz CT molecular complexity index is 117. The van der Waals surface area contributed by atoms with Crippen LogP contribution < -0.4 is 5.73 Å². The van der Waals surface area contributed by atoms with Crippen molar-refractivity contribution in [3.8, 4) is 0 Å². The van der Waals surface area contributed by atoms with Gasteiger partial charge in [-0.2, -0.15) is 0 Å². The normalized spacial score (nSPS) is 14.1. The lowest BCUT2D eigenvalue weighted by Gasteiger charge is -2.23. The van der Waals surface area contributed by atoms with E-state index in [0.717, 1.165) is 26.1 Å². The molecule has 0 saturated carbocycles. The molecule has 0 radical (unpaired) electrons. The first kappa shape index (κ1) is 12.9. The Morgan fingerprint density at radius 3 is 2.38 bits per heavy atom. The molecule has 3 heteroatoms. The van der Waals surface area contributed by atoms with E-state index >= 15 is 0 Å². The standard InChI is InChI=1S/C10H24N2O/c1-4-12(7-9(2)3)6-5-10(11)8-13/h9-10,13H,4-8,11H2,1-3H3. The number of rotatable bonds is 7. The molecule has 0 fully saturated rings. The summed E-state index contributed by atoms with van der Waals surface area (Å²) in [5.41, 5.74) is 5.63. The molecular formula is C10H24N2O. The molecule has 3 nitrogen and oxygen atoms in total. The summed E-state index contributed by atoms with van der Waals surface area (Å²) in [6.07, 6.45) is 0.886. The Kier molecular flexibility index (Phi) is 7.23. The van der Waals surface area contributed by atoms with Crippen LogP contribution in [-0.2, 0) is 0 Å². The Morgan fingerprint density at radius 2 is 2.00 bits per heavy atom. The molecule has 0 aliphatic heterocycles. The van der Waals surface area contributed by atoms with Gasteiger partial charge in [-0.1, -0.05) is 20.8 Å². The maximum Gasteiger partial charge on any atom is 0.0583 e. The molecule has 0 aromatic carbocycles. The van der Waals surface area contributed by atoms with E-state index in [1.54, 1.807) is 0 Å². The van der Waals surface area contributed by atoms with E-state index in [2.05, 4.69) is 25.7 Å². The van der Waals surface area contributed by atoms with Crippen LogP contribution in [0.5, 0.6) is 0 Å². The first-order valence-electron chi connectivity index (χ1n) is 5.18. The fourth-order valence-electron chi connectivity index (χ4n) is 1.33. The minimum absolute atomic E-state index is 0.0544. The number of aliphatic hydroxyl groups is 1. The molecule has 0 bridgehead atoms. The summed E-state index contributed by atoms with van der Waals surface area (Å²) in [6.45, 7) is 9.87. The molecule has 0 amide bonds. The summed E-state index contributed by atoms with van der Waals surface area (Å²) in [6, 6.07) is -0.0544. The van der Waals surface area contributed by atoms with Crippen LogP contribution in [0.1, 0.15) is 27.2 Å². The lowest BCUT2D eigenvalue weighted by Crippen LogP contribution is -2.34. The Balaban J connectivity index is 3.59. The van der Waals surface area contributed by atoms with Crippen LogP contribution in [0, 0.1) is 5.92 Å². The fraction of sp³-hybridized carbons (Fsp3) is 1.00. The monoisotopic (exact) mass is 188 g/mol. The Labute approximate surface area is 81.9 Å². The largest absolute Gasteiger partial charge is 0.395 e. The number of hydrogen-bond donors (Lipinski definition) is 2. The van der Waals surface area contributed by atoms with E-state index in [9.17, 15) is 0 Å². The molecule has 13 heavy (non-hydrogen) atoms. The summed E-state index contributed by atoms with van der Waals surface area (Å²) in [7, 11) is 0. The van der Waals surface area contributed by atoms with Crippen LogP contribution in [-0.4, -0.2) is 42.3 Å². The van der Waals surface area contributed by atoms with Gasteiger partial charge >= 0.3 is 0 Å². The fourth-order valence-corrected chi connectivity index (χ4v) is 1.33. The highest BCUT2D eigenvalue weighted by Gasteiger charge is 2.07. The highest BCUT2D eigenvalue weighted by atomic mass is 16.3. The number of nitrogens with zero attached hydrogens (tertiary/aromatic N) is 1. The lowest BCUT2D eigenvalue weighted by atomic mass is 10.2. The van der Waals surface area contributed by atoms with E-state index in [4.69, 9.17) is 10.8 Å². The second kappa shape index (κ2) is 7.30. The quantitative estimate of drug-likeness (QED) is 0.617. The van der Waals surface area contributed by atoms with Gasteiger partial charge in [-0.05, 0) is 25.4 Å². The van der Waals surface area contributed by atoms with Gasteiger partial charge in [-0.15, -0.1) is 0 Å². The number of aliphatic hydroxyl groups excluding tert-OH is 1. The van der Waals surface area contributed by atoms with Crippen molar-refractivity contribution in [1.29, 1.82) is 0 Å². The zero-order chi connectivity index (χ0) is 10.3. The van der Waals surface area contributed by atoms with Crippen molar-refractivity contribution < 1.29 is 5.11 Å². The lowest BCUT2D eigenvalue weighted by molar-refractivity contribution is 0.216. The van der Waals surface area contributed by atoms with Crippen molar-refractivity contribution in [2.24, 2.45) is 11.7 Å². The third kappa shape index (κ3) is 6.99. The molecule has 0 aliphatic rings. The highest BCUT2D eigenvalue weighted by Crippen LogP contribution is 2.00. The SMILES string of the molecule is CCN(CCC(N)CO)CC(C)C. The summed E-state index contributed by atoms with van der Waals surface area (Å²) in [4.78, 5) is 2.38. The van der Waals surface area contributed by atoms with E-state index in [0.29, 0.717) is 5.92 Å². The zero-order valence-corrected chi connectivity index (χ0v) is 9.16. The van der Waals surface area contributed by atoms with Crippen molar-refractivity contribution in [3.05, 3.63) is 0 Å². The molecule has 3 N–H and O–H groups in total. The van der Waals surface area contributed by atoms with E-state index in [1.807, 2.05) is 0 Å². The molecule has 80 valence electrons. The molecule has 0 spiro atoms.